The molecule has 0 spiro atoms. The van der Waals surface area contributed by atoms with Gasteiger partial charge < -0.3 is 4.90 Å². The highest BCUT2D eigenvalue weighted by Crippen LogP contribution is 2.51. The predicted octanol–water partition coefficient (Wildman–Crippen LogP) is 6.84. The Morgan fingerprint density at radius 1 is 1.12 bits per heavy atom. The van der Waals surface area contributed by atoms with Crippen molar-refractivity contribution in [3.8, 4) is 0 Å². The van der Waals surface area contributed by atoms with Gasteiger partial charge in [-0.1, -0.05) is 32.6 Å². The number of rotatable bonds is 2. The minimum Gasteiger partial charge on any atom is -0.335 e. The average molecular weight is 441 g/mol. The summed E-state index contributed by atoms with van der Waals surface area (Å²) in [5.41, 5.74) is 15.1. The second-order valence-corrected chi connectivity index (χ2v) is 10.7. The summed E-state index contributed by atoms with van der Waals surface area (Å²) >= 11 is 0. The van der Waals surface area contributed by atoms with E-state index in [1.165, 1.54) is 86.0 Å². The van der Waals surface area contributed by atoms with E-state index in [1.54, 1.807) is 5.56 Å². The summed E-state index contributed by atoms with van der Waals surface area (Å²) in [7, 11) is 2.95. The summed E-state index contributed by atoms with van der Waals surface area (Å²) in [4.78, 5) is 7.81. The number of aryl methyl sites for hydroxylation is 1. The molecule has 0 radical (unpaired) electrons. The number of pyridine rings is 1. The molecule has 164 valence electrons. The average Bonchev–Trinajstić information content (AvgIpc) is 3.16. The maximum Gasteiger partial charge on any atom is 0.0927 e. The monoisotopic (exact) mass is 440 g/mol. The van der Waals surface area contributed by atoms with Gasteiger partial charge in [0.15, 0.2) is 0 Å². The van der Waals surface area contributed by atoms with Gasteiger partial charge >= 0.3 is 0 Å². The summed E-state index contributed by atoms with van der Waals surface area (Å²) in [5.74, 6) is 1.07. The summed E-state index contributed by atoms with van der Waals surface area (Å²) < 4.78 is 0. The minimum atomic E-state index is 0.448. The highest BCUT2D eigenvalue weighted by atomic mass is 31.0. The van der Waals surface area contributed by atoms with E-state index in [1.807, 2.05) is 0 Å². The molecule has 0 saturated carbocycles. The van der Waals surface area contributed by atoms with Crippen LogP contribution in [0.1, 0.15) is 79.8 Å². The summed E-state index contributed by atoms with van der Waals surface area (Å²) in [5, 5.41) is 2.74. The molecule has 0 amide bonds. The zero-order valence-corrected chi connectivity index (χ0v) is 20.8. The number of allylic oxidation sites excluding steroid dienone is 4. The Labute approximate surface area is 194 Å². The van der Waals surface area contributed by atoms with Gasteiger partial charge in [0.05, 0.1) is 23.5 Å². The van der Waals surface area contributed by atoms with E-state index in [-0.39, 0.29) is 0 Å². The van der Waals surface area contributed by atoms with E-state index in [9.17, 15) is 0 Å². The molecule has 2 aliphatic carbocycles. The number of benzene rings is 1. The van der Waals surface area contributed by atoms with Gasteiger partial charge in [-0.3, -0.25) is 0 Å². The fourth-order valence-electron chi connectivity index (χ4n) is 6.82. The molecule has 2 aliphatic heterocycles. The van der Waals surface area contributed by atoms with Crippen LogP contribution in [-0.2, 0) is 13.0 Å². The van der Waals surface area contributed by atoms with Crippen LogP contribution in [0.25, 0.3) is 16.6 Å². The van der Waals surface area contributed by atoms with Crippen LogP contribution in [0.3, 0.4) is 0 Å². The maximum atomic E-state index is 5.35. The van der Waals surface area contributed by atoms with Crippen molar-refractivity contribution in [2.75, 3.05) is 0 Å². The molecular formula is C29H33N2P. The Morgan fingerprint density at radius 3 is 2.69 bits per heavy atom. The van der Waals surface area contributed by atoms with Gasteiger partial charge in [0.25, 0.3) is 0 Å². The lowest BCUT2D eigenvalue weighted by molar-refractivity contribution is 0.485. The lowest BCUT2D eigenvalue weighted by Gasteiger charge is -2.37. The lowest BCUT2D eigenvalue weighted by Crippen LogP contribution is -2.25. The number of nitrogens with zero attached hydrogens (tertiary/aromatic N) is 2. The van der Waals surface area contributed by atoms with Crippen molar-refractivity contribution in [3.05, 3.63) is 75.7 Å². The fourth-order valence-corrected chi connectivity index (χ4v) is 7.15. The van der Waals surface area contributed by atoms with Crippen molar-refractivity contribution in [2.24, 2.45) is 5.92 Å². The van der Waals surface area contributed by atoms with Gasteiger partial charge in [0.2, 0.25) is 0 Å². The Kier molecular flexibility index (Phi) is 4.57. The summed E-state index contributed by atoms with van der Waals surface area (Å²) in [6.45, 7) is 16.9. The molecular weight excluding hydrogens is 407 g/mol. The van der Waals surface area contributed by atoms with Crippen molar-refractivity contribution < 1.29 is 0 Å². The quantitative estimate of drug-likeness (QED) is 0.375. The van der Waals surface area contributed by atoms with E-state index in [4.69, 9.17) is 4.98 Å². The maximum absolute atomic E-state index is 5.35. The molecule has 0 N–H and O–H groups in total. The molecule has 0 bridgehead atoms. The van der Waals surface area contributed by atoms with Crippen molar-refractivity contribution in [1.29, 1.82) is 0 Å². The SMILES string of the molecule is C=C1CCC2=C(C=C3c4nc5cc(P)c(C)c6c5c(c4CN3C2=C)C(CC)CC6)C1CC. The smallest absolute Gasteiger partial charge is 0.0927 e. The van der Waals surface area contributed by atoms with Crippen molar-refractivity contribution in [3.63, 3.8) is 0 Å². The zero-order valence-electron chi connectivity index (χ0n) is 19.6. The van der Waals surface area contributed by atoms with Crippen LogP contribution in [-0.4, -0.2) is 9.88 Å². The third-order valence-corrected chi connectivity index (χ3v) is 9.23. The highest BCUT2D eigenvalue weighted by molar-refractivity contribution is 7.27. The molecule has 2 aromatic rings. The molecule has 1 aromatic heterocycles. The van der Waals surface area contributed by atoms with Gasteiger partial charge in [0, 0.05) is 22.6 Å². The molecule has 1 aromatic carbocycles. The number of hydrogen-bond donors (Lipinski definition) is 0. The molecule has 3 atom stereocenters. The summed E-state index contributed by atoms with van der Waals surface area (Å²) in [6.07, 6.45) is 9.32. The van der Waals surface area contributed by atoms with Crippen LogP contribution in [0.15, 0.2) is 47.7 Å². The van der Waals surface area contributed by atoms with E-state index in [2.05, 4.69) is 60.2 Å². The second kappa shape index (κ2) is 7.16. The Bertz CT molecular complexity index is 1290. The van der Waals surface area contributed by atoms with Crippen LogP contribution in [0.2, 0.25) is 0 Å². The Hall–Kier alpha value is -2.18. The van der Waals surface area contributed by atoms with E-state index >= 15 is 0 Å². The van der Waals surface area contributed by atoms with Gasteiger partial charge in [-0.15, -0.1) is 9.24 Å². The molecule has 4 aliphatic rings. The zero-order chi connectivity index (χ0) is 22.3. The van der Waals surface area contributed by atoms with E-state index < -0.39 is 0 Å². The van der Waals surface area contributed by atoms with Crippen molar-refractivity contribution in [1.82, 2.24) is 9.88 Å². The van der Waals surface area contributed by atoms with Gasteiger partial charge in [-0.2, -0.15) is 0 Å². The van der Waals surface area contributed by atoms with E-state index in [0.29, 0.717) is 11.8 Å². The highest BCUT2D eigenvalue weighted by Gasteiger charge is 2.39. The molecule has 3 unspecified atom stereocenters. The third kappa shape index (κ3) is 2.59. The predicted molar refractivity (Wildman–Crippen MR) is 139 cm³/mol. The topological polar surface area (TPSA) is 16.1 Å². The van der Waals surface area contributed by atoms with Gasteiger partial charge in [-0.05, 0) is 96.7 Å². The molecule has 3 heterocycles. The van der Waals surface area contributed by atoms with Crippen LogP contribution >= 0.6 is 9.24 Å². The molecule has 3 heteroatoms. The number of aromatic nitrogens is 1. The molecule has 2 nitrogen and oxygen atoms in total. The first-order valence-corrected chi connectivity index (χ1v) is 12.9. The normalized spacial score (nSPS) is 24.0. The number of fused-ring (bicyclic) bond motifs is 4. The van der Waals surface area contributed by atoms with Crippen LogP contribution < -0.4 is 5.30 Å². The first-order valence-electron chi connectivity index (χ1n) is 12.3. The minimum absolute atomic E-state index is 0.448. The molecule has 0 saturated heterocycles. The van der Waals surface area contributed by atoms with Crippen molar-refractivity contribution in [2.45, 2.75) is 71.8 Å². The number of hydrogen-bond acceptors (Lipinski definition) is 2. The van der Waals surface area contributed by atoms with E-state index in [0.717, 1.165) is 25.8 Å². The van der Waals surface area contributed by atoms with Crippen molar-refractivity contribution >= 4 is 31.1 Å². The summed E-state index contributed by atoms with van der Waals surface area (Å²) in [6, 6.07) is 2.30. The van der Waals surface area contributed by atoms with Crippen LogP contribution in [0.5, 0.6) is 0 Å². The van der Waals surface area contributed by atoms with Gasteiger partial charge in [-0.25, -0.2) is 4.98 Å². The largest absolute Gasteiger partial charge is 0.335 e. The molecule has 32 heavy (non-hydrogen) atoms. The van der Waals surface area contributed by atoms with Crippen LogP contribution in [0.4, 0.5) is 0 Å². The molecule has 6 rings (SSSR count). The third-order valence-electron chi connectivity index (χ3n) is 8.63. The second-order valence-electron chi connectivity index (χ2n) is 10.1. The Morgan fingerprint density at radius 2 is 1.94 bits per heavy atom. The molecule has 0 fully saturated rings. The van der Waals surface area contributed by atoms with Gasteiger partial charge in [0.1, 0.15) is 0 Å². The first kappa shape index (κ1) is 20.4. The first-order chi connectivity index (χ1) is 15.4. The Balaban J connectivity index is 1.63. The standard InChI is InChI=1S/C29H33N2P/c1-6-18-9-11-20-16(4)26(32)13-24-28(20)27(18)23-14-31-17(5)21-10-8-15(3)19(7-2)22(21)12-25(31)29(23)30-24/h12-13,18-19H,3,5-11,14,32H2,1-2,4H3. The fraction of sp³-hybridized carbons (Fsp3) is 0.414. The lowest BCUT2D eigenvalue weighted by atomic mass is 9.75. The van der Waals surface area contributed by atoms with Crippen LogP contribution in [0, 0.1) is 12.8 Å².